The fourth-order valence-electron chi connectivity index (χ4n) is 12.5. The molecule has 4 aliphatic heterocycles. The van der Waals surface area contributed by atoms with Crippen molar-refractivity contribution in [2.24, 2.45) is 34.5 Å². The van der Waals surface area contributed by atoms with Crippen LogP contribution in [0.4, 0.5) is 0 Å². The summed E-state index contributed by atoms with van der Waals surface area (Å²) >= 11 is 0. The number of fused-ring (bicyclic) bond motifs is 5. The average Bonchev–Trinajstić information content (AvgIpc) is 3.72. The number of esters is 1. The van der Waals surface area contributed by atoms with E-state index < -0.39 is 79.4 Å². The topological polar surface area (TPSA) is 244 Å². The van der Waals surface area contributed by atoms with Crippen LogP contribution in [0.15, 0.2) is 11.6 Å². The normalized spacial score (nSPS) is 52.7. The van der Waals surface area contributed by atoms with Gasteiger partial charge >= 0.3 is 5.97 Å². The van der Waals surface area contributed by atoms with E-state index in [1.165, 1.54) is 0 Å². The van der Waals surface area contributed by atoms with E-state index in [1.54, 1.807) is 6.08 Å². The third kappa shape index (κ3) is 7.88. The molecule has 0 bridgehead atoms. The van der Waals surface area contributed by atoms with Gasteiger partial charge in [-0.2, -0.15) is 0 Å². The highest BCUT2D eigenvalue weighted by molar-refractivity contribution is 5.85. The lowest BCUT2D eigenvalue weighted by atomic mass is 9.43. The largest absolute Gasteiger partial charge is 0.458 e. The van der Waals surface area contributed by atoms with Crippen molar-refractivity contribution in [3.63, 3.8) is 0 Å². The number of carbonyl (C=O) groups excluding carboxylic acids is 1. The SMILES string of the molecule is C[C@]12CC[C@H](OC[C@@H]3O[C@H](OC[C@@H]4O[C@H](OC[C@@H]5O[C@H](O)C[C@@H](O)[C@H]5O)C[C@@H](O)[C@H]4O)C[C@@H](O)[C@H]3O)C[C@@H]1CC[C@@H]1[C@@H]2CC[C@]2(C)[C@@H](C3=CC(=O)OC3)CC[C@@]12O. The molecule has 0 unspecified atom stereocenters. The standard InChI is InChI=1S/C41H64O16/c1-39-8-5-22(12-21(39)3-4-25-24(39)6-9-40(2)23(7-10-41(25,40)50)20-11-32(45)52-16-20)51-17-30-37(48)27(43)14-35(56-30)54-19-31-38(49)28(44)15-34(57-31)53-18-29-36(47)26(42)13-33(46)55-29/h11,21-31,33-38,42-44,46-50H,3-10,12-19H2,1-2H3/t21-,22-,23+,24-,25+,26+,27+,28+,29-,30-,31-,33-,34-,35-,36+,37+,38+,39-,40+,41+/m0/s1. The molecule has 57 heavy (non-hydrogen) atoms. The van der Waals surface area contributed by atoms with Gasteiger partial charge in [0.1, 0.15) is 43.2 Å². The molecule has 0 amide bonds. The van der Waals surface area contributed by atoms with E-state index in [4.69, 9.17) is 33.2 Å². The van der Waals surface area contributed by atoms with Crippen molar-refractivity contribution in [3.8, 4) is 0 Å². The van der Waals surface area contributed by atoms with Crippen LogP contribution in [0.5, 0.6) is 0 Å². The summed E-state index contributed by atoms with van der Waals surface area (Å²) in [7, 11) is 0. The maximum atomic E-state index is 12.5. The van der Waals surface area contributed by atoms with E-state index in [1.807, 2.05) is 0 Å². The Labute approximate surface area is 333 Å². The minimum Gasteiger partial charge on any atom is -0.458 e. The Hall–Kier alpha value is -1.35. The first-order valence-electron chi connectivity index (χ1n) is 21.3. The number of cyclic esters (lactones) is 1. The molecule has 16 nitrogen and oxygen atoms in total. The van der Waals surface area contributed by atoms with Gasteiger partial charge in [-0.25, -0.2) is 4.79 Å². The first-order valence-corrected chi connectivity index (χ1v) is 21.3. The average molecular weight is 813 g/mol. The third-order valence-electron chi connectivity index (χ3n) is 15.9. The number of hydrogen-bond donors (Lipinski definition) is 8. The van der Waals surface area contributed by atoms with E-state index in [0.717, 1.165) is 63.4 Å². The lowest BCUT2D eigenvalue weighted by Gasteiger charge is -2.63. The molecule has 4 aliphatic carbocycles. The first kappa shape index (κ1) is 42.3. The van der Waals surface area contributed by atoms with Crippen molar-refractivity contribution < 1.29 is 78.8 Å². The Morgan fingerprint density at radius 2 is 1.26 bits per heavy atom. The highest BCUT2D eigenvalue weighted by atomic mass is 16.7. The van der Waals surface area contributed by atoms with Crippen molar-refractivity contribution in [3.05, 3.63) is 11.6 Å². The zero-order valence-corrected chi connectivity index (χ0v) is 33.0. The number of hydrogen-bond acceptors (Lipinski definition) is 16. The molecule has 8 N–H and O–H groups in total. The van der Waals surface area contributed by atoms with Crippen LogP contribution in [0.2, 0.25) is 0 Å². The summed E-state index contributed by atoms with van der Waals surface area (Å²) < 4.78 is 40.5. The monoisotopic (exact) mass is 812 g/mol. The van der Waals surface area contributed by atoms with Gasteiger partial charge in [-0.1, -0.05) is 13.8 Å². The summed E-state index contributed by atoms with van der Waals surface area (Å²) in [6.07, 6.45) is -3.98. The summed E-state index contributed by atoms with van der Waals surface area (Å²) in [6, 6.07) is 0. The molecular formula is C41H64O16. The molecule has 20 atom stereocenters. The molecular weight excluding hydrogens is 748 g/mol. The summed E-state index contributed by atoms with van der Waals surface area (Å²) in [5.74, 6) is 0.921. The number of aliphatic hydroxyl groups is 8. The van der Waals surface area contributed by atoms with E-state index in [9.17, 15) is 45.6 Å². The number of rotatable bonds is 10. The summed E-state index contributed by atoms with van der Waals surface area (Å²) in [4.78, 5) is 11.9. The van der Waals surface area contributed by atoms with E-state index >= 15 is 0 Å². The molecule has 7 fully saturated rings. The molecule has 8 aliphatic rings. The molecule has 0 radical (unpaired) electrons. The Balaban J connectivity index is 0.821. The van der Waals surface area contributed by atoms with Crippen molar-refractivity contribution in [1.29, 1.82) is 0 Å². The number of ether oxygens (including phenoxy) is 7. The highest BCUT2D eigenvalue weighted by Crippen LogP contribution is 2.70. The second-order valence-electron chi connectivity index (χ2n) is 18.9. The zero-order chi connectivity index (χ0) is 40.4. The smallest absolute Gasteiger partial charge is 0.331 e. The van der Waals surface area contributed by atoms with E-state index in [-0.39, 0.29) is 73.8 Å². The molecule has 0 aromatic heterocycles. The van der Waals surface area contributed by atoms with Gasteiger partial charge in [0.05, 0.1) is 49.8 Å². The molecule has 16 heteroatoms. The molecule has 4 heterocycles. The Morgan fingerprint density at radius 3 is 1.88 bits per heavy atom. The zero-order valence-electron chi connectivity index (χ0n) is 33.0. The van der Waals surface area contributed by atoms with Crippen LogP contribution in [0.25, 0.3) is 0 Å². The van der Waals surface area contributed by atoms with Crippen LogP contribution in [-0.4, -0.2) is 159 Å². The number of aliphatic hydroxyl groups excluding tert-OH is 7. The van der Waals surface area contributed by atoms with Crippen molar-refractivity contribution in [2.45, 2.75) is 176 Å². The lowest BCUT2D eigenvalue weighted by molar-refractivity contribution is -0.303. The minimum atomic E-state index is -1.32. The molecule has 8 rings (SSSR count). The maximum absolute atomic E-state index is 12.5. The third-order valence-corrected chi connectivity index (χ3v) is 15.9. The van der Waals surface area contributed by atoms with Gasteiger partial charge in [0.25, 0.3) is 0 Å². The van der Waals surface area contributed by atoms with Crippen LogP contribution in [-0.2, 0) is 38.0 Å². The summed E-state index contributed by atoms with van der Waals surface area (Å²) in [6.45, 7) is 4.56. The van der Waals surface area contributed by atoms with Crippen LogP contribution >= 0.6 is 0 Å². The summed E-state index contributed by atoms with van der Waals surface area (Å²) in [5, 5.41) is 85.3. The second-order valence-corrected chi connectivity index (χ2v) is 18.9. The van der Waals surface area contributed by atoms with Crippen molar-refractivity contribution in [2.75, 3.05) is 26.4 Å². The Morgan fingerprint density at radius 1 is 0.667 bits per heavy atom. The van der Waals surface area contributed by atoms with E-state index in [2.05, 4.69) is 13.8 Å². The van der Waals surface area contributed by atoms with Crippen LogP contribution in [0.1, 0.15) is 90.9 Å². The van der Waals surface area contributed by atoms with Crippen molar-refractivity contribution >= 4 is 5.97 Å². The maximum Gasteiger partial charge on any atom is 0.331 e. The minimum absolute atomic E-state index is 0.0351. The Kier molecular flexibility index (Phi) is 12.3. The van der Waals surface area contributed by atoms with E-state index in [0.29, 0.717) is 18.4 Å². The fraction of sp³-hybridized carbons (Fsp3) is 0.927. The van der Waals surface area contributed by atoms with Gasteiger partial charge in [-0.3, -0.25) is 0 Å². The van der Waals surface area contributed by atoms with Crippen molar-refractivity contribution in [1.82, 2.24) is 0 Å². The van der Waals surface area contributed by atoms with Gasteiger partial charge in [0.15, 0.2) is 18.9 Å². The molecule has 324 valence electrons. The molecule has 0 spiro atoms. The molecule has 3 saturated heterocycles. The van der Waals surface area contributed by atoms with Gasteiger partial charge in [-0.05, 0) is 92.4 Å². The van der Waals surface area contributed by atoms with Crippen LogP contribution in [0.3, 0.4) is 0 Å². The Bertz CT molecular complexity index is 1470. The lowest BCUT2D eigenvalue weighted by Crippen LogP contribution is -2.62. The van der Waals surface area contributed by atoms with Crippen LogP contribution in [0, 0.1) is 34.5 Å². The molecule has 0 aromatic rings. The molecule has 0 aromatic carbocycles. The quantitative estimate of drug-likeness (QED) is 0.137. The van der Waals surface area contributed by atoms with Crippen LogP contribution < -0.4 is 0 Å². The number of carbonyl (C=O) groups is 1. The van der Waals surface area contributed by atoms with Gasteiger partial charge in [0.2, 0.25) is 0 Å². The van der Waals surface area contributed by atoms with Gasteiger partial charge in [0, 0.05) is 30.8 Å². The fourth-order valence-corrected chi connectivity index (χ4v) is 12.5. The van der Waals surface area contributed by atoms with Gasteiger partial charge in [-0.15, -0.1) is 0 Å². The molecule has 4 saturated carbocycles. The predicted octanol–water partition coefficient (Wildman–Crippen LogP) is 0.165. The second kappa shape index (κ2) is 16.5. The highest BCUT2D eigenvalue weighted by Gasteiger charge is 2.67. The predicted molar refractivity (Wildman–Crippen MR) is 195 cm³/mol. The first-order chi connectivity index (χ1) is 27.1. The summed E-state index contributed by atoms with van der Waals surface area (Å²) in [5.41, 5.74) is 0.0555. The van der Waals surface area contributed by atoms with Gasteiger partial charge < -0.3 is 74.0 Å².